The topological polar surface area (TPSA) is 52.7 Å². The fourth-order valence-electron chi connectivity index (χ4n) is 6.52. The molecule has 8 rings (SSSR count). The van der Waals surface area contributed by atoms with Crippen molar-refractivity contribution in [1.82, 2.24) is 19.1 Å². The first-order valence-electron chi connectivity index (χ1n) is 14.5. The summed E-state index contributed by atoms with van der Waals surface area (Å²) in [5, 5.41) is 6.92. The van der Waals surface area contributed by atoms with Crippen LogP contribution in [0.2, 0.25) is 0 Å². The third-order valence-electron chi connectivity index (χ3n) is 8.67. The standard InChI is InChI=1S/C38H28N4O/c1-24(25-12-4-3-5-13-25)42-37-36(41(2)38(42)43)39-23-33(40-37)35-31-18-10-8-16-29(31)34(30-17-9-11-19-32(30)35)28-21-20-26-14-6-7-15-27(26)22-28/h3-24H,1-2H3/t24-/m1/s1. The van der Waals surface area contributed by atoms with Gasteiger partial charge in [-0.1, -0.05) is 115 Å². The summed E-state index contributed by atoms with van der Waals surface area (Å²) in [7, 11) is 1.76. The van der Waals surface area contributed by atoms with E-state index in [1.165, 1.54) is 21.9 Å². The summed E-state index contributed by atoms with van der Waals surface area (Å²) in [5.74, 6) is 0. The van der Waals surface area contributed by atoms with Gasteiger partial charge in [0.1, 0.15) is 0 Å². The quantitative estimate of drug-likeness (QED) is 0.204. The lowest BCUT2D eigenvalue weighted by molar-refractivity contribution is 0.613. The number of rotatable bonds is 4. The van der Waals surface area contributed by atoms with Gasteiger partial charge in [-0.05, 0) is 62.0 Å². The van der Waals surface area contributed by atoms with E-state index in [1.807, 2.05) is 43.5 Å². The number of benzene rings is 6. The van der Waals surface area contributed by atoms with E-state index in [-0.39, 0.29) is 11.7 Å². The Labute approximate surface area is 248 Å². The molecule has 0 radical (unpaired) electrons. The van der Waals surface area contributed by atoms with E-state index < -0.39 is 0 Å². The molecule has 0 spiro atoms. The molecule has 206 valence electrons. The Bertz CT molecular complexity index is 2350. The molecule has 5 heteroatoms. The molecule has 1 atom stereocenters. The van der Waals surface area contributed by atoms with Gasteiger partial charge in [-0.25, -0.2) is 14.8 Å². The maximum atomic E-state index is 13.5. The third-order valence-corrected chi connectivity index (χ3v) is 8.67. The first-order valence-corrected chi connectivity index (χ1v) is 14.5. The molecule has 0 N–H and O–H groups in total. The monoisotopic (exact) mass is 556 g/mol. The smallest absolute Gasteiger partial charge is 0.278 e. The molecule has 0 aliphatic heterocycles. The average molecular weight is 557 g/mol. The van der Waals surface area contributed by atoms with Gasteiger partial charge in [0.2, 0.25) is 0 Å². The van der Waals surface area contributed by atoms with Gasteiger partial charge in [0.25, 0.3) is 0 Å². The van der Waals surface area contributed by atoms with E-state index in [2.05, 4.69) is 91.0 Å². The molecule has 0 amide bonds. The van der Waals surface area contributed by atoms with Crippen molar-refractivity contribution >= 4 is 43.6 Å². The van der Waals surface area contributed by atoms with Crippen molar-refractivity contribution in [2.24, 2.45) is 7.05 Å². The van der Waals surface area contributed by atoms with Gasteiger partial charge in [0.15, 0.2) is 11.3 Å². The highest BCUT2D eigenvalue weighted by atomic mass is 16.1. The molecule has 5 nitrogen and oxygen atoms in total. The molecule has 2 aromatic heterocycles. The lowest BCUT2D eigenvalue weighted by Gasteiger charge is -2.18. The molecule has 0 saturated heterocycles. The van der Waals surface area contributed by atoms with Gasteiger partial charge < -0.3 is 0 Å². The van der Waals surface area contributed by atoms with Crippen LogP contribution in [0, 0.1) is 0 Å². The summed E-state index contributed by atoms with van der Waals surface area (Å²) in [6.07, 6.45) is 1.81. The van der Waals surface area contributed by atoms with Gasteiger partial charge >= 0.3 is 5.69 Å². The zero-order valence-electron chi connectivity index (χ0n) is 23.9. The molecule has 0 aliphatic rings. The van der Waals surface area contributed by atoms with Crippen LogP contribution in [0.3, 0.4) is 0 Å². The van der Waals surface area contributed by atoms with Crippen LogP contribution in [-0.4, -0.2) is 19.1 Å². The van der Waals surface area contributed by atoms with Gasteiger partial charge in [-0.2, -0.15) is 0 Å². The lowest BCUT2D eigenvalue weighted by Crippen LogP contribution is -2.25. The number of hydrogen-bond acceptors (Lipinski definition) is 3. The van der Waals surface area contributed by atoms with Crippen LogP contribution in [0.4, 0.5) is 0 Å². The highest BCUT2D eigenvalue weighted by Gasteiger charge is 2.22. The van der Waals surface area contributed by atoms with Crippen LogP contribution in [0.5, 0.6) is 0 Å². The predicted molar refractivity (Wildman–Crippen MR) is 176 cm³/mol. The number of aromatic nitrogens is 4. The van der Waals surface area contributed by atoms with Crippen LogP contribution in [0.15, 0.2) is 132 Å². The largest absolute Gasteiger partial charge is 0.331 e. The van der Waals surface area contributed by atoms with Crippen LogP contribution in [-0.2, 0) is 7.05 Å². The van der Waals surface area contributed by atoms with Crippen molar-refractivity contribution < 1.29 is 0 Å². The maximum Gasteiger partial charge on any atom is 0.331 e. The van der Waals surface area contributed by atoms with E-state index in [0.717, 1.165) is 38.4 Å². The van der Waals surface area contributed by atoms with Gasteiger partial charge in [0, 0.05) is 12.6 Å². The Morgan fingerprint density at radius 1 is 0.628 bits per heavy atom. The lowest BCUT2D eigenvalue weighted by atomic mass is 9.87. The Kier molecular flexibility index (Phi) is 5.73. The molecule has 43 heavy (non-hydrogen) atoms. The zero-order valence-corrected chi connectivity index (χ0v) is 23.9. The van der Waals surface area contributed by atoms with Crippen molar-refractivity contribution in [2.45, 2.75) is 13.0 Å². The molecule has 0 bridgehead atoms. The third kappa shape index (κ3) is 3.89. The molecule has 0 fully saturated rings. The summed E-state index contributed by atoms with van der Waals surface area (Å²) in [4.78, 5) is 23.5. The zero-order chi connectivity index (χ0) is 29.1. The van der Waals surface area contributed by atoms with E-state index >= 15 is 0 Å². The van der Waals surface area contributed by atoms with Crippen molar-refractivity contribution in [3.8, 4) is 22.4 Å². The summed E-state index contributed by atoms with van der Waals surface area (Å²) >= 11 is 0. The Morgan fingerprint density at radius 2 is 1.21 bits per heavy atom. The van der Waals surface area contributed by atoms with Crippen molar-refractivity contribution in [3.05, 3.63) is 144 Å². The summed E-state index contributed by atoms with van der Waals surface area (Å²) in [5.41, 5.74) is 6.18. The predicted octanol–water partition coefficient (Wildman–Crippen LogP) is 8.53. The molecule has 6 aromatic carbocycles. The number of nitrogens with zero attached hydrogens (tertiary/aromatic N) is 4. The molecular formula is C38H28N4O. The fourth-order valence-corrected chi connectivity index (χ4v) is 6.52. The average Bonchev–Trinajstić information content (AvgIpc) is 3.31. The molecular weight excluding hydrogens is 528 g/mol. The first-order chi connectivity index (χ1) is 21.1. The maximum absolute atomic E-state index is 13.5. The van der Waals surface area contributed by atoms with E-state index in [9.17, 15) is 4.79 Å². The summed E-state index contributed by atoms with van der Waals surface area (Å²) in [6.45, 7) is 2.04. The summed E-state index contributed by atoms with van der Waals surface area (Å²) in [6, 6.07) is 42.1. The highest BCUT2D eigenvalue weighted by molar-refractivity contribution is 6.21. The minimum Gasteiger partial charge on any atom is -0.278 e. The van der Waals surface area contributed by atoms with E-state index in [4.69, 9.17) is 9.97 Å². The Hall–Kier alpha value is -5.55. The minimum absolute atomic E-state index is 0.134. The normalized spacial score (nSPS) is 12.4. The van der Waals surface area contributed by atoms with Crippen molar-refractivity contribution in [1.29, 1.82) is 0 Å². The van der Waals surface area contributed by atoms with Crippen molar-refractivity contribution in [3.63, 3.8) is 0 Å². The number of aryl methyl sites for hydroxylation is 1. The Morgan fingerprint density at radius 3 is 1.88 bits per heavy atom. The Balaban J connectivity index is 1.43. The first kappa shape index (κ1) is 25.2. The fraction of sp³-hybridized carbons (Fsp3) is 0.0789. The number of imidazole rings is 1. The van der Waals surface area contributed by atoms with Crippen LogP contribution in [0.1, 0.15) is 18.5 Å². The second-order valence-corrected chi connectivity index (χ2v) is 11.1. The second-order valence-electron chi connectivity index (χ2n) is 11.1. The molecule has 0 aliphatic carbocycles. The van der Waals surface area contributed by atoms with E-state index in [1.54, 1.807) is 16.2 Å². The molecule has 2 heterocycles. The second kappa shape index (κ2) is 9.78. The van der Waals surface area contributed by atoms with Gasteiger partial charge in [-0.3, -0.25) is 9.13 Å². The summed E-state index contributed by atoms with van der Waals surface area (Å²) < 4.78 is 3.35. The number of fused-ring (bicyclic) bond motifs is 4. The van der Waals surface area contributed by atoms with Gasteiger partial charge in [-0.15, -0.1) is 0 Å². The van der Waals surface area contributed by atoms with Crippen LogP contribution >= 0.6 is 0 Å². The molecule has 0 unspecified atom stereocenters. The van der Waals surface area contributed by atoms with Crippen LogP contribution in [0.25, 0.3) is 66.0 Å². The SMILES string of the molecule is C[C@H](c1ccccc1)n1c(=O)n(C)c2ncc(-c3c4ccccc4c(-c4ccc5ccccc5c4)c4ccccc34)nc21. The van der Waals surface area contributed by atoms with Crippen LogP contribution < -0.4 is 5.69 Å². The molecule has 8 aromatic rings. The van der Waals surface area contributed by atoms with Crippen molar-refractivity contribution in [2.75, 3.05) is 0 Å². The molecule has 0 saturated carbocycles. The van der Waals surface area contributed by atoms with E-state index in [0.29, 0.717) is 11.3 Å². The number of hydrogen-bond donors (Lipinski definition) is 0. The highest BCUT2D eigenvalue weighted by Crippen LogP contribution is 2.43. The van der Waals surface area contributed by atoms with Gasteiger partial charge in [0.05, 0.1) is 17.9 Å². The minimum atomic E-state index is -0.203.